The topological polar surface area (TPSA) is 41.6 Å². The van der Waals surface area contributed by atoms with Crippen LogP contribution in [-0.4, -0.2) is 9.55 Å². The molecule has 2 aromatic rings. The van der Waals surface area contributed by atoms with Crippen LogP contribution >= 0.6 is 0 Å². The van der Waals surface area contributed by atoms with Crippen molar-refractivity contribution in [2.45, 2.75) is 25.8 Å². The highest BCUT2D eigenvalue weighted by Gasteiger charge is 2.20. The van der Waals surface area contributed by atoms with Gasteiger partial charge < -0.3 is 4.57 Å². The van der Waals surface area contributed by atoms with E-state index < -0.39 is 0 Å². The molecule has 4 heteroatoms. The molecule has 0 bridgehead atoms. The predicted molar refractivity (Wildman–Crippen MR) is 65.3 cm³/mol. The molecule has 0 atom stereocenters. The molecule has 3 nitrogen and oxygen atoms in total. The fourth-order valence-corrected chi connectivity index (χ4v) is 2.48. The lowest BCUT2D eigenvalue weighted by molar-refractivity contribution is 0.535. The number of halogens is 1. The highest BCUT2D eigenvalue weighted by molar-refractivity contribution is 5.58. The Morgan fingerprint density at radius 1 is 1.33 bits per heavy atom. The minimum absolute atomic E-state index is 0.279. The summed E-state index contributed by atoms with van der Waals surface area (Å²) in [6.07, 6.45) is 3.05. The summed E-state index contributed by atoms with van der Waals surface area (Å²) in [5.41, 5.74) is 2.21. The third-order valence-electron chi connectivity index (χ3n) is 3.31. The molecule has 18 heavy (non-hydrogen) atoms. The highest BCUT2D eigenvalue weighted by atomic mass is 19.1. The van der Waals surface area contributed by atoms with Gasteiger partial charge in [0.05, 0.1) is 5.69 Å². The average Bonchev–Trinajstić information content (AvgIpc) is 2.77. The maximum atomic E-state index is 13.3. The Morgan fingerprint density at radius 3 is 3.00 bits per heavy atom. The molecular formula is C14H12FN3. The summed E-state index contributed by atoms with van der Waals surface area (Å²) in [5.74, 6) is 0.430. The van der Waals surface area contributed by atoms with E-state index in [-0.39, 0.29) is 5.82 Å². The Kier molecular flexibility index (Phi) is 2.60. The van der Waals surface area contributed by atoms with Crippen molar-refractivity contribution in [1.82, 2.24) is 9.55 Å². The molecule has 0 radical (unpaired) electrons. The first kappa shape index (κ1) is 11.0. The van der Waals surface area contributed by atoms with E-state index in [0.29, 0.717) is 11.5 Å². The van der Waals surface area contributed by atoms with Gasteiger partial charge in [0.25, 0.3) is 0 Å². The van der Waals surface area contributed by atoms with Crippen molar-refractivity contribution in [2.75, 3.05) is 0 Å². The lowest BCUT2D eigenvalue weighted by Crippen LogP contribution is -2.11. The van der Waals surface area contributed by atoms with Crippen molar-refractivity contribution in [3.05, 3.63) is 41.5 Å². The quantitative estimate of drug-likeness (QED) is 0.770. The number of hydrogen-bond donors (Lipinski definition) is 0. The number of nitrogens with zero attached hydrogens (tertiary/aromatic N) is 3. The van der Waals surface area contributed by atoms with E-state index in [0.717, 1.165) is 37.1 Å². The van der Waals surface area contributed by atoms with Crippen molar-refractivity contribution in [1.29, 1.82) is 5.26 Å². The maximum Gasteiger partial charge on any atom is 0.162 e. The van der Waals surface area contributed by atoms with Crippen LogP contribution < -0.4 is 0 Å². The van der Waals surface area contributed by atoms with E-state index in [1.165, 1.54) is 12.1 Å². The molecule has 0 aliphatic carbocycles. The van der Waals surface area contributed by atoms with E-state index in [2.05, 4.69) is 15.6 Å². The van der Waals surface area contributed by atoms with E-state index in [9.17, 15) is 4.39 Å². The minimum Gasteiger partial charge on any atom is -0.327 e. The fraction of sp³-hybridized carbons (Fsp3) is 0.286. The highest BCUT2D eigenvalue weighted by Crippen LogP contribution is 2.27. The molecular weight excluding hydrogens is 229 g/mol. The van der Waals surface area contributed by atoms with Crippen LogP contribution in [0.15, 0.2) is 24.3 Å². The fourth-order valence-electron chi connectivity index (χ4n) is 2.48. The van der Waals surface area contributed by atoms with Crippen molar-refractivity contribution in [2.24, 2.45) is 0 Å². The zero-order valence-electron chi connectivity index (χ0n) is 9.86. The summed E-state index contributed by atoms with van der Waals surface area (Å²) in [5, 5.41) is 9.11. The Morgan fingerprint density at radius 2 is 2.22 bits per heavy atom. The first-order valence-electron chi connectivity index (χ1n) is 6.05. The van der Waals surface area contributed by atoms with Crippen LogP contribution in [0.2, 0.25) is 0 Å². The van der Waals surface area contributed by atoms with Crippen molar-refractivity contribution in [3.63, 3.8) is 0 Å². The molecule has 0 amide bonds. The van der Waals surface area contributed by atoms with Crippen molar-refractivity contribution in [3.8, 4) is 17.5 Å². The van der Waals surface area contributed by atoms with E-state index in [1.54, 1.807) is 6.07 Å². The van der Waals surface area contributed by atoms with Crippen LogP contribution in [-0.2, 0) is 13.0 Å². The first-order valence-corrected chi connectivity index (χ1v) is 6.05. The van der Waals surface area contributed by atoms with Gasteiger partial charge in [-0.1, -0.05) is 12.1 Å². The number of hydrogen-bond acceptors (Lipinski definition) is 2. The van der Waals surface area contributed by atoms with Gasteiger partial charge >= 0.3 is 0 Å². The largest absolute Gasteiger partial charge is 0.327 e. The van der Waals surface area contributed by atoms with Gasteiger partial charge in [-0.25, -0.2) is 9.37 Å². The smallest absolute Gasteiger partial charge is 0.162 e. The number of nitriles is 1. The second kappa shape index (κ2) is 4.26. The van der Waals surface area contributed by atoms with Gasteiger partial charge in [0.1, 0.15) is 17.7 Å². The summed E-state index contributed by atoms with van der Waals surface area (Å²) in [6.45, 7) is 0.857. The zero-order chi connectivity index (χ0) is 12.5. The second-order valence-electron chi connectivity index (χ2n) is 4.46. The molecule has 1 aliphatic rings. The molecule has 0 saturated carbocycles. The number of imidazole rings is 1. The Bertz CT molecular complexity index is 637. The van der Waals surface area contributed by atoms with Crippen LogP contribution in [0.5, 0.6) is 0 Å². The normalized spacial score (nSPS) is 14.0. The monoisotopic (exact) mass is 241 g/mol. The molecule has 1 aromatic heterocycles. The van der Waals surface area contributed by atoms with Gasteiger partial charge in [-0.3, -0.25) is 0 Å². The van der Waals surface area contributed by atoms with E-state index >= 15 is 0 Å². The first-order chi connectivity index (χ1) is 8.79. The molecule has 2 heterocycles. The molecule has 1 aromatic carbocycles. The molecule has 0 unspecified atom stereocenters. The third kappa shape index (κ3) is 1.68. The molecule has 0 saturated heterocycles. The Hall–Kier alpha value is -2.15. The third-order valence-corrected chi connectivity index (χ3v) is 3.31. The SMILES string of the molecule is N#Cc1nc(-c2cccc(F)c2)n2c1CCCC2. The van der Waals surface area contributed by atoms with Crippen LogP contribution in [0.3, 0.4) is 0 Å². The van der Waals surface area contributed by atoms with Crippen LogP contribution in [0.1, 0.15) is 24.2 Å². The average molecular weight is 241 g/mol. The molecule has 0 spiro atoms. The predicted octanol–water partition coefficient (Wildman–Crippen LogP) is 2.90. The maximum absolute atomic E-state index is 13.3. The van der Waals surface area contributed by atoms with Gasteiger partial charge in [0.2, 0.25) is 0 Å². The lowest BCUT2D eigenvalue weighted by atomic mass is 10.1. The molecule has 1 aliphatic heterocycles. The van der Waals surface area contributed by atoms with Gasteiger partial charge in [-0.15, -0.1) is 0 Å². The van der Waals surface area contributed by atoms with Gasteiger partial charge in [-0.2, -0.15) is 5.26 Å². The van der Waals surface area contributed by atoms with Gasteiger partial charge in [-0.05, 0) is 31.4 Å². The minimum atomic E-state index is -0.279. The molecule has 0 fully saturated rings. The lowest BCUT2D eigenvalue weighted by Gasteiger charge is -2.16. The Balaban J connectivity index is 2.18. The van der Waals surface area contributed by atoms with Crippen molar-refractivity contribution >= 4 is 0 Å². The Labute approximate surface area is 105 Å². The summed E-state index contributed by atoms with van der Waals surface area (Å²) in [6, 6.07) is 8.50. The molecule has 3 rings (SSSR count). The summed E-state index contributed by atoms with van der Waals surface area (Å²) < 4.78 is 15.3. The zero-order valence-corrected chi connectivity index (χ0v) is 9.86. The number of fused-ring (bicyclic) bond motifs is 1. The van der Waals surface area contributed by atoms with Crippen LogP contribution in [0, 0.1) is 17.1 Å². The van der Waals surface area contributed by atoms with Crippen LogP contribution in [0.25, 0.3) is 11.4 Å². The number of benzene rings is 1. The van der Waals surface area contributed by atoms with Crippen LogP contribution in [0.4, 0.5) is 4.39 Å². The van der Waals surface area contributed by atoms with E-state index in [4.69, 9.17) is 5.26 Å². The standard InChI is InChI=1S/C14H12FN3/c15-11-5-3-4-10(8-11)14-17-12(9-16)13-6-1-2-7-18(13)14/h3-5,8H,1-2,6-7H2. The molecule has 0 N–H and O–H groups in total. The van der Waals surface area contributed by atoms with Gasteiger partial charge in [0, 0.05) is 12.1 Å². The molecule has 90 valence electrons. The summed E-state index contributed by atoms with van der Waals surface area (Å²) in [4.78, 5) is 4.36. The summed E-state index contributed by atoms with van der Waals surface area (Å²) in [7, 11) is 0. The second-order valence-corrected chi connectivity index (χ2v) is 4.46. The van der Waals surface area contributed by atoms with E-state index in [1.807, 2.05) is 6.07 Å². The number of aromatic nitrogens is 2. The number of rotatable bonds is 1. The summed E-state index contributed by atoms with van der Waals surface area (Å²) >= 11 is 0. The van der Waals surface area contributed by atoms with Crippen molar-refractivity contribution < 1.29 is 4.39 Å². The van der Waals surface area contributed by atoms with Gasteiger partial charge in [0.15, 0.2) is 5.69 Å².